The highest BCUT2D eigenvalue weighted by Crippen LogP contribution is 2.47. The Hall–Kier alpha value is -4.10. The number of hydrogen-bond acceptors (Lipinski definition) is 7. The fourth-order valence-electron chi connectivity index (χ4n) is 5.73. The number of pyridine rings is 1. The topological polar surface area (TPSA) is 74.6 Å². The van der Waals surface area contributed by atoms with Gasteiger partial charge < -0.3 is 19.6 Å². The second kappa shape index (κ2) is 12.3. The van der Waals surface area contributed by atoms with Crippen molar-refractivity contribution in [1.29, 1.82) is 0 Å². The van der Waals surface area contributed by atoms with Crippen molar-refractivity contribution < 1.29 is 23.0 Å². The molecule has 10 heteroatoms. The van der Waals surface area contributed by atoms with Crippen molar-refractivity contribution >= 4 is 27.5 Å². The SMILES string of the molecule is C#Cc1c(F)ccc2cc(O)cc(-c3ncc4c(N(CC)CCCC)nc(OCC5(CN(C)C)CC5)nc4c3C(F)F)c12. The summed E-state index contributed by atoms with van der Waals surface area (Å²) in [6.45, 7) is 6.50. The number of rotatable bonds is 12. The van der Waals surface area contributed by atoms with Crippen molar-refractivity contribution in [3.63, 3.8) is 0 Å². The van der Waals surface area contributed by atoms with Crippen LogP contribution >= 0.6 is 0 Å². The van der Waals surface area contributed by atoms with Crippen LogP contribution in [0.15, 0.2) is 30.5 Å². The number of aromatic hydroxyl groups is 1. The molecule has 1 saturated carbocycles. The molecule has 0 unspecified atom stereocenters. The number of ether oxygens (including phenoxy) is 1. The number of benzene rings is 2. The summed E-state index contributed by atoms with van der Waals surface area (Å²) >= 11 is 0. The molecule has 0 saturated heterocycles. The van der Waals surface area contributed by atoms with E-state index in [1.807, 2.05) is 25.9 Å². The largest absolute Gasteiger partial charge is 0.508 e. The van der Waals surface area contributed by atoms with E-state index in [1.54, 1.807) is 0 Å². The molecule has 0 spiro atoms. The lowest BCUT2D eigenvalue weighted by atomic mass is 9.94. The number of phenols is 1. The minimum atomic E-state index is -3.02. The molecule has 226 valence electrons. The van der Waals surface area contributed by atoms with Crippen LogP contribution in [0.25, 0.3) is 32.9 Å². The van der Waals surface area contributed by atoms with Crippen LogP contribution in [0.2, 0.25) is 0 Å². The van der Waals surface area contributed by atoms with Gasteiger partial charge in [-0.15, -0.1) is 6.42 Å². The third kappa shape index (κ3) is 6.04. The number of fused-ring (bicyclic) bond motifs is 2. The maximum atomic E-state index is 15.1. The summed E-state index contributed by atoms with van der Waals surface area (Å²) in [5.74, 6) is 1.93. The number of alkyl halides is 2. The second-order valence-electron chi connectivity index (χ2n) is 11.5. The van der Waals surface area contributed by atoms with Crippen molar-refractivity contribution in [2.24, 2.45) is 5.41 Å². The maximum absolute atomic E-state index is 15.1. The molecule has 0 aliphatic heterocycles. The summed E-state index contributed by atoms with van der Waals surface area (Å²) in [4.78, 5) is 17.9. The average molecular weight is 592 g/mol. The Labute approximate surface area is 249 Å². The standard InChI is InChI=1S/C33H36F3N5O2/c1-6-9-14-41(8-3)31-24-17-37-28(23-16-21(42)15-20-10-11-25(34)22(7-2)26(20)23)27(30(35)36)29(24)38-32(39-31)43-19-33(12-13-33)18-40(4)5/h2,10-11,15-17,30,42H,6,8-9,12-14,18-19H2,1,3-5H3. The lowest BCUT2D eigenvalue weighted by Crippen LogP contribution is -2.28. The molecule has 0 bridgehead atoms. The summed E-state index contributed by atoms with van der Waals surface area (Å²) < 4.78 is 51.2. The molecule has 4 aromatic rings. The van der Waals surface area contributed by atoms with Gasteiger partial charge in [0.15, 0.2) is 0 Å². The molecule has 7 nitrogen and oxygen atoms in total. The van der Waals surface area contributed by atoms with E-state index in [0.717, 1.165) is 32.2 Å². The van der Waals surface area contributed by atoms with Gasteiger partial charge in [-0.05, 0) is 63.9 Å². The van der Waals surface area contributed by atoms with Gasteiger partial charge in [0.05, 0.1) is 34.3 Å². The molecule has 2 heterocycles. The van der Waals surface area contributed by atoms with E-state index in [-0.39, 0.29) is 44.9 Å². The van der Waals surface area contributed by atoms with Gasteiger partial charge in [-0.25, -0.2) is 13.2 Å². The van der Waals surface area contributed by atoms with Crippen LogP contribution in [0.5, 0.6) is 11.8 Å². The molecule has 1 fully saturated rings. The Bertz CT molecular complexity index is 1700. The molecule has 1 N–H and O–H groups in total. The molecule has 1 aliphatic rings. The zero-order chi connectivity index (χ0) is 30.9. The van der Waals surface area contributed by atoms with Crippen molar-refractivity contribution in [2.75, 3.05) is 45.2 Å². The van der Waals surface area contributed by atoms with Crippen LogP contribution < -0.4 is 9.64 Å². The molecule has 0 atom stereocenters. The van der Waals surface area contributed by atoms with E-state index < -0.39 is 17.8 Å². The van der Waals surface area contributed by atoms with Gasteiger partial charge in [0, 0.05) is 42.2 Å². The molecule has 43 heavy (non-hydrogen) atoms. The van der Waals surface area contributed by atoms with Gasteiger partial charge >= 0.3 is 6.01 Å². The first-order valence-corrected chi connectivity index (χ1v) is 14.5. The van der Waals surface area contributed by atoms with Crippen LogP contribution in [0.1, 0.15) is 57.1 Å². The number of hydrogen-bond donors (Lipinski definition) is 1. The number of halogens is 3. The Morgan fingerprint density at radius 1 is 1.16 bits per heavy atom. The minimum Gasteiger partial charge on any atom is -0.508 e. The number of phenolic OH excluding ortho intramolecular Hbond substituents is 1. The molecule has 0 amide bonds. The third-order valence-electron chi connectivity index (χ3n) is 7.99. The molecule has 1 aliphatic carbocycles. The van der Waals surface area contributed by atoms with Crippen molar-refractivity contribution in [2.45, 2.75) is 46.0 Å². The van der Waals surface area contributed by atoms with E-state index in [2.05, 4.69) is 27.7 Å². The van der Waals surface area contributed by atoms with Crippen molar-refractivity contribution in [3.05, 3.63) is 47.4 Å². The Morgan fingerprint density at radius 3 is 2.56 bits per heavy atom. The molecular weight excluding hydrogens is 555 g/mol. The van der Waals surface area contributed by atoms with Crippen LogP contribution in [0.4, 0.5) is 19.0 Å². The second-order valence-corrected chi connectivity index (χ2v) is 11.5. The Balaban J connectivity index is 1.76. The monoisotopic (exact) mass is 591 g/mol. The van der Waals surface area contributed by atoms with E-state index in [1.165, 1.54) is 30.5 Å². The number of terminal acetylenes is 1. The molecule has 5 rings (SSSR count). The van der Waals surface area contributed by atoms with Gasteiger partial charge in [0.2, 0.25) is 0 Å². The minimum absolute atomic E-state index is 0.0115. The smallest absolute Gasteiger partial charge is 0.318 e. The van der Waals surface area contributed by atoms with E-state index in [9.17, 15) is 9.50 Å². The highest BCUT2D eigenvalue weighted by molar-refractivity contribution is 6.04. The van der Waals surface area contributed by atoms with Crippen LogP contribution in [-0.4, -0.2) is 65.3 Å². The third-order valence-corrected chi connectivity index (χ3v) is 7.99. The first-order valence-electron chi connectivity index (χ1n) is 14.5. The van der Waals surface area contributed by atoms with Crippen LogP contribution in [-0.2, 0) is 0 Å². The van der Waals surface area contributed by atoms with Crippen molar-refractivity contribution in [3.8, 4) is 35.4 Å². The molecule has 0 radical (unpaired) electrons. The van der Waals surface area contributed by atoms with E-state index in [0.29, 0.717) is 36.3 Å². The molecular formula is C33H36F3N5O2. The van der Waals surface area contributed by atoms with Crippen LogP contribution in [0, 0.1) is 23.6 Å². The number of anilines is 1. The summed E-state index contributed by atoms with van der Waals surface area (Å²) in [7, 11) is 4.01. The first-order chi connectivity index (χ1) is 20.6. The predicted molar refractivity (Wildman–Crippen MR) is 163 cm³/mol. The zero-order valence-electron chi connectivity index (χ0n) is 24.9. The summed E-state index contributed by atoms with van der Waals surface area (Å²) in [5, 5.41) is 11.5. The average Bonchev–Trinajstić information content (AvgIpc) is 3.74. The van der Waals surface area contributed by atoms with Gasteiger partial charge in [0.1, 0.15) is 17.4 Å². The van der Waals surface area contributed by atoms with Gasteiger partial charge in [0.25, 0.3) is 6.43 Å². The van der Waals surface area contributed by atoms with E-state index in [4.69, 9.17) is 16.1 Å². The number of unbranched alkanes of at least 4 members (excludes halogenated alkanes) is 1. The fourth-order valence-corrected chi connectivity index (χ4v) is 5.73. The zero-order valence-corrected chi connectivity index (χ0v) is 24.9. The maximum Gasteiger partial charge on any atom is 0.318 e. The van der Waals surface area contributed by atoms with Gasteiger partial charge in [-0.2, -0.15) is 9.97 Å². The van der Waals surface area contributed by atoms with Gasteiger partial charge in [-0.1, -0.05) is 25.3 Å². The first kappa shape index (κ1) is 30.4. The quantitative estimate of drug-likeness (QED) is 0.179. The summed E-state index contributed by atoms with van der Waals surface area (Å²) in [6, 6.07) is 5.32. The summed E-state index contributed by atoms with van der Waals surface area (Å²) in [5.41, 5.74) is -0.671. The van der Waals surface area contributed by atoms with Crippen LogP contribution in [0.3, 0.4) is 0 Å². The lowest BCUT2D eigenvalue weighted by Gasteiger charge is -2.25. The number of nitrogens with zero attached hydrogens (tertiary/aromatic N) is 5. The fraction of sp³-hybridized carbons (Fsp3) is 0.424. The normalized spacial score (nSPS) is 14.0. The highest BCUT2D eigenvalue weighted by atomic mass is 19.3. The highest BCUT2D eigenvalue weighted by Gasteiger charge is 2.44. The number of aromatic nitrogens is 3. The molecule has 2 aromatic heterocycles. The summed E-state index contributed by atoms with van der Waals surface area (Å²) in [6.07, 6.45) is 7.92. The van der Waals surface area contributed by atoms with Gasteiger partial charge in [-0.3, -0.25) is 4.98 Å². The molecule has 2 aromatic carbocycles. The van der Waals surface area contributed by atoms with Crippen molar-refractivity contribution in [1.82, 2.24) is 19.9 Å². The Kier molecular flexibility index (Phi) is 8.65. The van der Waals surface area contributed by atoms with E-state index >= 15 is 8.78 Å². The Morgan fingerprint density at radius 2 is 1.93 bits per heavy atom. The lowest BCUT2D eigenvalue weighted by molar-refractivity contribution is 0.153. The predicted octanol–water partition coefficient (Wildman–Crippen LogP) is 6.96.